The Morgan fingerprint density at radius 1 is 0.969 bits per heavy atom. The molecule has 2 aliphatic heterocycles. The van der Waals surface area contributed by atoms with Crippen molar-refractivity contribution >= 4 is 11.8 Å². The van der Waals surface area contributed by atoms with Crippen LogP contribution in [0.1, 0.15) is 45.7 Å². The maximum atomic E-state index is 13.3. The van der Waals surface area contributed by atoms with E-state index in [1.807, 2.05) is 18.7 Å². The van der Waals surface area contributed by atoms with E-state index in [9.17, 15) is 14.0 Å². The third-order valence-electron chi connectivity index (χ3n) is 6.62. The molecule has 178 valence electrons. The fourth-order valence-corrected chi connectivity index (χ4v) is 4.99. The summed E-state index contributed by atoms with van der Waals surface area (Å²) in [4.78, 5) is 31.8. The number of amides is 2. The lowest BCUT2D eigenvalue weighted by atomic mass is 9.92. The van der Waals surface area contributed by atoms with Crippen LogP contribution in [0.2, 0.25) is 0 Å². The number of piperidine rings is 1. The Hall–Kier alpha value is -1.99. The van der Waals surface area contributed by atoms with Gasteiger partial charge >= 0.3 is 0 Å². The van der Waals surface area contributed by atoms with Crippen LogP contribution in [0.3, 0.4) is 0 Å². The average molecular weight is 447 g/mol. The Bertz CT molecular complexity index is 752. The van der Waals surface area contributed by atoms with Gasteiger partial charge in [0, 0.05) is 39.3 Å². The van der Waals surface area contributed by atoms with Gasteiger partial charge < -0.3 is 10.2 Å². The molecule has 0 aromatic heterocycles. The summed E-state index contributed by atoms with van der Waals surface area (Å²) in [6.45, 7) is 14.2. The van der Waals surface area contributed by atoms with Crippen LogP contribution in [0, 0.1) is 23.6 Å². The average Bonchev–Trinajstić information content (AvgIpc) is 2.73. The first-order valence-electron chi connectivity index (χ1n) is 12.0. The van der Waals surface area contributed by atoms with Crippen molar-refractivity contribution in [1.29, 1.82) is 0 Å². The third kappa shape index (κ3) is 7.01. The van der Waals surface area contributed by atoms with E-state index in [0.717, 1.165) is 44.8 Å². The second kappa shape index (κ2) is 11.2. The van der Waals surface area contributed by atoms with Gasteiger partial charge in [0.1, 0.15) is 5.82 Å². The molecule has 1 N–H and O–H groups in total. The Morgan fingerprint density at radius 3 is 2.03 bits per heavy atom. The van der Waals surface area contributed by atoms with E-state index < -0.39 is 0 Å². The largest absolute Gasteiger partial charge is 0.348 e. The molecule has 0 aliphatic carbocycles. The molecule has 0 saturated carbocycles. The highest BCUT2D eigenvalue weighted by Crippen LogP contribution is 2.22. The molecule has 2 saturated heterocycles. The van der Waals surface area contributed by atoms with E-state index in [2.05, 4.69) is 29.0 Å². The van der Waals surface area contributed by atoms with Gasteiger partial charge in [-0.25, -0.2) is 4.39 Å². The second-order valence-electron chi connectivity index (χ2n) is 10.1. The Balaban J connectivity index is 1.43. The molecule has 2 fully saturated rings. The van der Waals surface area contributed by atoms with Crippen molar-refractivity contribution in [2.45, 2.75) is 40.2 Å². The predicted octanol–water partition coefficient (Wildman–Crippen LogP) is 2.76. The van der Waals surface area contributed by atoms with Crippen LogP contribution in [0.15, 0.2) is 24.3 Å². The summed E-state index contributed by atoms with van der Waals surface area (Å²) >= 11 is 0. The number of hydrogen-bond donors (Lipinski definition) is 1. The monoisotopic (exact) mass is 446 g/mol. The zero-order chi connectivity index (χ0) is 23.3. The van der Waals surface area contributed by atoms with Crippen LogP contribution >= 0.6 is 0 Å². The highest BCUT2D eigenvalue weighted by Gasteiger charge is 2.28. The number of carbonyl (C=O) groups is 2. The lowest BCUT2D eigenvalue weighted by molar-refractivity contribution is -0.136. The minimum absolute atomic E-state index is 0.0196. The summed E-state index contributed by atoms with van der Waals surface area (Å²) in [6, 6.07) is 6.20. The van der Waals surface area contributed by atoms with E-state index in [4.69, 9.17) is 0 Å². The molecule has 0 radical (unpaired) electrons. The highest BCUT2D eigenvalue weighted by molar-refractivity contribution is 5.79. The van der Waals surface area contributed by atoms with E-state index >= 15 is 0 Å². The zero-order valence-electron chi connectivity index (χ0n) is 20.0. The number of likely N-dealkylation sites (tertiary alicyclic amines) is 1. The van der Waals surface area contributed by atoms with Crippen molar-refractivity contribution in [2.75, 3.05) is 52.4 Å². The van der Waals surface area contributed by atoms with E-state index in [1.165, 1.54) is 18.6 Å². The molecule has 6 nitrogen and oxygen atoms in total. The molecule has 0 spiro atoms. The van der Waals surface area contributed by atoms with Gasteiger partial charge in [-0.05, 0) is 41.9 Å². The van der Waals surface area contributed by atoms with Gasteiger partial charge in [-0.15, -0.1) is 0 Å². The molecule has 2 aliphatic rings. The topological polar surface area (TPSA) is 55.9 Å². The Labute approximate surface area is 192 Å². The summed E-state index contributed by atoms with van der Waals surface area (Å²) < 4.78 is 13.3. The van der Waals surface area contributed by atoms with Gasteiger partial charge in [-0.3, -0.25) is 19.4 Å². The summed E-state index contributed by atoms with van der Waals surface area (Å²) in [5, 5.41) is 3.12. The van der Waals surface area contributed by atoms with E-state index in [0.29, 0.717) is 24.9 Å². The Kier molecular flexibility index (Phi) is 8.65. The zero-order valence-corrected chi connectivity index (χ0v) is 20.0. The number of rotatable bonds is 7. The standard InChI is InChI=1S/C25H39FN4O2/c1-18(2)25(21-5-7-22(26)8-6-21)27-23(31)16-28-9-11-29(12-10-28)17-24(32)30-14-19(3)13-20(4)15-30/h5-8,18-20,25H,9-17H2,1-4H3,(H,27,31)/t19-,20+,25-/m0/s1. The number of carbonyl (C=O) groups excluding carboxylic acids is 2. The highest BCUT2D eigenvalue weighted by atomic mass is 19.1. The molecule has 3 rings (SSSR count). The van der Waals surface area contributed by atoms with Crippen molar-refractivity contribution in [3.8, 4) is 0 Å². The molecular weight excluding hydrogens is 407 g/mol. The normalized spacial score (nSPS) is 23.9. The molecule has 1 aromatic rings. The van der Waals surface area contributed by atoms with Crippen LogP contribution < -0.4 is 5.32 Å². The molecule has 2 amide bonds. The van der Waals surface area contributed by atoms with Crippen molar-refractivity contribution in [3.63, 3.8) is 0 Å². The second-order valence-corrected chi connectivity index (χ2v) is 10.1. The lowest BCUT2D eigenvalue weighted by Crippen LogP contribution is -2.53. The number of nitrogens with one attached hydrogen (secondary N) is 1. The molecule has 1 aromatic carbocycles. The first kappa shape index (κ1) is 24.6. The predicted molar refractivity (Wildman–Crippen MR) is 125 cm³/mol. The number of hydrogen-bond acceptors (Lipinski definition) is 4. The quantitative estimate of drug-likeness (QED) is 0.700. The fourth-order valence-electron chi connectivity index (χ4n) is 4.99. The van der Waals surface area contributed by atoms with Crippen LogP contribution in [-0.4, -0.2) is 78.9 Å². The van der Waals surface area contributed by atoms with Gasteiger partial charge in [0.05, 0.1) is 19.1 Å². The lowest BCUT2D eigenvalue weighted by Gasteiger charge is -2.38. The van der Waals surface area contributed by atoms with E-state index in [-0.39, 0.29) is 29.6 Å². The van der Waals surface area contributed by atoms with Crippen molar-refractivity contribution in [1.82, 2.24) is 20.0 Å². The molecule has 2 heterocycles. The Morgan fingerprint density at radius 2 is 1.50 bits per heavy atom. The molecule has 32 heavy (non-hydrogen) atoms. The maximum absolute atomic E-state index is 13.3. The number of piperazine rings is 1. The van der Waals surface area contributed by atoms with Crippen LogP contribution in [0.5, 0.6) is 0 Å². The van der Waals surface area contributed by atoms with Gasteiger partial charge in [0.25, 0.3) is 0 Å². The number of halogens is 1. The summed E-state index contributed by atoms with van der Waals surface area (Å²) in [5.74, 6) is 1.28. The van der Waals surface area contributed by atoms with Gasteiger partial charge in [-0.2, -0.15) is 0 Å². The maximum Gasteiger partial charge on any atom is 0.236 e. The van der Waals surface area contributed by atoms with Crippen LogP contribution in [0.25, 0.3) is 0 Å². The van der Waals surface area contributed by atoms with Crippen LogP contribution in [0.4, 0.5) is 4.39 Å². The summed E-state index contributed by atoms with van der Waals surface area (Å²) in [6.07, 6.45) is 1.20. The minimum Gasteiger partial charge on any atom is -0.348 e. The molecule has 3 atom stereocenters. The first-order chi connectivity index (χ1) is 15.2. The molecule has 0 bridgehead atoms. The van der Waals surface area contributed by atoms with Gasteiger partial charge in [-0.1, -0.05) is 39.8 Å². The van der Waals surface area contributed by atoms with Crippen molar-refractivity contribution < 1.29 is 14.0 Å². The SMILES string of the molecule is CC(C)[C@H](NC(=O)CN1CCN(CC(=O)N2C[C@H](C)C[C@H](C)C2)CC1)c1ccc(F)cc1. The smallest absolute Gasteiger partial charge is 0.236 e. The number of benzene rings is 1. The molecular formula is C25H39FN4O2. The third-order valence-corrected chi connectivity index (χ3v) is 6.62. The molecule has 7 heteroatoms. The van der Waals surface area contributed by atoms with Crippen LogP contribution in [-0.2, 0) is 9.59 Å². The van der Waals surface area contributed by atoms with E-state index in [1.54, 1.807) is 12.1 Å². The van der Waals surface area contributed by atoms with Crippen molar-refractivity contribution in [3.05, 3.63) is 35.6 Å². The fraction of sp³-hybridized carbons (Fsp3) is 0.680. The van der Waals surface area contributed by atoms with Gasteiger partial charge in [0.15, 0.2) is 0 Å². The van der Waals surface area contributed by atoms with Gasteiger partial charge in [0.2, 0.25) is 11.8 Å². The minimum atomic E-state index is -0.275. The first-order valence-corrected chi connectivity index (χ1v) is 12.0. The number of nitrogens with zero attached hydrogens (tertiary/aromatic N) is 3. The van der Waals surface area contributed by atoms with Crippen molar-refractivity contribution in [2.24, 2.45) is 17.8 Å². The summed E-state index contributed by atoms with van der Waals surface area (Å²) in [5.41, 5.74) is 0.916. The summed E-state index contributed by atoms with van der Waals surface area (Å²) in [7, 11) is 0. The molecule has 0 unspecified atom stereocenters.